The number of piperidine rings is 1. The molecule has 31 heavy (non-hydrogen) atoms. The lowest BCUT2D eigenvalue weighted by molar-refractivity contribution is 0.0662. The highest BCUT2D eigenvalue weighted by atomic mass is 16.2. The Morgan fingerprint density at radius 1 is 0.903 bits per heavy atom. The van der Waals surface area contributed by atoms with Gasteiger partial charge >= 0.3 is 11.1 Å². The van der Waals surface area contributed by atoms with Crippen molar-refractivity contribution in [3.8, 4) is 0 Å². The summed E-state index contributed by atoms with van der Waals surface area (Å²) in [5.41, 5.74) is -0.0732. The van der Waals surface area contributed by atoms with Gasteiger partial charge in [0.25, 0.3) is 5.91 Å². The molecule has 0 aliphatic carbocycles. The summed E-state index contributed by atoms with van der Waals surface area (Å²) in [5, 5.41) is 4.64. The van der Waals surface area contributed by atoms with Gasteiger partial charge < -0.3 is 4.90 Å². The van der Waals surface area contributed by atoms with Crippen molar-refractivity contribution in [2.75, 3.05) is 13.1 Å². The fraction of sp³-hybridized carbons (Fsp3) is 0.348. The summed E-state index contributed by atoms with van der Waals surface area (Å²) in [4.78, 5) is 44.3. The Morgan fingerprint density at radius 2 is 1.61 bits per heavy atom. The first-order valence-electron chi connectivity index (χ1n) is 10.5. The fourth-order valence-corrected chi connectivity index (χ4v) is 4.70. The number of nitrogens with zero attached hydrogens (tertiary/aromatic N) is 5. The molecule has 1 aromatic carbocycles. The maximum atomic E-state index is 12.8. The number of rotatable bonds is 3. The van der Waals surface area contributed by atoms with Gasteiger partial charge in [-0.2, -0.15) is 5.10 Å². The molecule has 1 amide bonds. The molecule has 5 rings (SSSR count). The molecular formula is C23H23N5O3. The van der Waals surface area contributed by atoms with Crippen LogP contribution in [0.25, 0.3) is 0 Å². The number of hydrogen-bond acceptors (Lipinski definition) is 5. The number of benzene rings is 1. The number of pyridine rings is 1. The minimum Gasteiger partial charge on any atom is -0.339 e. The minimum atomic E-state index is -0.622. The van der Waals surface area contributed by atoms with Crippen LogP contribution in [0.2, 0.25) is 0 Å². The molecule has 2 aliphatic heterocycles. The zero-order valence-corrected chi connectivity index (χ0v) is 17.1. The van der Waals surface area contributed by atoms with Gasteiger partial charge in [0.1, 0.15) is 5.82 Å². The largest absolute Gasteiger partial charge is 0.339 e. The lowest BCUT2D eigenvalue weighted by Crippen LogP contribution is -2.48. The molecule has 158 valence electrons. The highest BCUT2D eigenvalue weighted by Crippen LogP contribution is 2.41. The third-order valence-electron chi connectivity index (χ3n) is 6.49. The van der Waals surface area contributed by atoms with E-state index < -0.39 is 11.1 Å². The zero-order chi connectivity index (χ0) is 21.4. The highest BCUT2D eigenvalue weighted by Gasteiger charge is 2.45. The van der Waals surface area contributed by atoms with Gasteiger partial charge in [0.2, 0.25) is 0 Å². The van der Waals surface area contributed by atoms with E-state index >= 15 is 0 Å². The van der Waals surface area contributed by atoms with E-state index in [4.69, 9.17) is 0 Å². The van der Waals surface area contributed by atoms with Crippen LogP contribution in [0.1, 0.15) is 41.1 Å². The second kappa shape index (κ2) is 7.61. The number of hydrogen-bond donors (Lipinski definition) is 0. The molecule has 8 heteroatoms. The number of fused-ring (bicyclic) bond motifs is 2. The van der Waals surface area contributed by atoms with Gasteiger partial charge in [-0.1, -0.05) is 24.3 Å². The van der Waals surface area contributed by atoms with Crippen molar-refractivity contribution in [1.82, 2.24) is 24.2 Å². The van der Waals surface area contributed by atoms with E-state index in [0.29, 0.717) is 36.7 Å². The van der Waals surface area contributed by atoms with Crippen LogP contribution in [0.15, 0.2) is 64.3 Å². The Kier molecular flexibility index (Phi) is 4.77. The van der Waals surface area contributed by atoms with Gasteiger partial charge in [-0.15, -0.1) is 0 Å². The van der Waals surface area contributed by atoms with E-state index in [-0.39, 0.29) is 17.9 Å². The Bertz CT molecular complexity index is 1230. The van der Waals surface area contributed by atoms with E-state index in [1.807, 2.05) is 47.4 Å². The van der Waals surface area contributed by atoms with Crippen molar-refractivity contribution < 1.29 is 4.79 Å². The van der Waals surface area contributed by atoms with Crippen molar-refractivity contribution in [3.05, 3.63) is 92.5 Å². The Balaban J connectivity index is 1.42. The van der Waals surface area contributed by atoms with Crippen LogP contribution >= 0.6 is 0 Å². The number of aromatic nitrogens is 4. The van der Waals surface area contributed by atoms with Gasteiger partial charge in [-0.25, -0.2) is 4.68 Å². The van der Waals surface area contributed by atoms with Crippen LogP contribution in [-0.4, -0.2) is 43.2 Å². The maximum Gasteiger partial charge on any atom is 0.332 e. The van der Waals surface area contributed by atoms with E-state index in [0.717, 1.165) is 19.3 Å². The Labute approximate surface area is 178 Å². The third kappa shape index (κ3) is 3.37. The molecule has 8 nitrogen and oxygen atoms in total. The fourth-order valence-electron chi connectivity index (χ4n) is 4.70. The third-order valence-corrected chi connectivity index (χ3v) is 6.49. The number of likely N-dealkylation sites (tertiary alicyclic amines) is 1. The highest BCUT2D eigenvalue weighted by molar-refractivity contribution is 5.94. The van der Waals surface area contributed by atoms with Crippen LogP contribution in [0, 0.1) is 0 Å². The van der Waals surface area contributed by atoms with Gasteiger partial charge in [0, 0.05) is 36.8 Å². The second-order valence-electron chi connectivity index (χ2n) is 8.25. The molecule has 0 atom stereocenters. The molecule has 0 radical (unpaired) electrons. The average molecular weight is 417 g/mol. The smallest absolute Gasteiger partial charge is 0.332 e. The summed E-state index contributed by atoms with van der Waals surface area (Å²) in [6.45, 7) is 1.86. The van der Waals surface area contributed by atoms with Gasteiger partial charge in [0.15, 0.2) is 0 Å². The maximum absolute atomic E-state index is 12.8. The van der Waals surface area contributed by atoms with E-state index in [2.05, 4.69) is 10.1 Å². The van der Waals surface area contributed by atoms with Crippen LogP contribution in [0.3, 0.4) is 0 Å². The van der Waals surface area contributed by atoms with E-state index in [1.165, 1.54) is 9.25 Å². The molecular weight excluding hydrogens is 394 g/mol. The molecule has 1 spiro atoms. The molecule has 4 heterocycles. The second-order valence-corrected chi connectivity index (χ2v) is 8.25. The summed E-state index contributed by atoms with van der Waals surface area (Å²) in [6.07, 6.45) is 3.86. The van der Waals surface area contributed by atoms with Crippen molar-refractivity contribution in [3.63, 3.8) is 0 Å². The summed E-state index contributed by atoms with van der Waals surface area (Å²) in [6, 6.07) is 14.7. The van der Waals surface area contributed by atoms with Crippen molar-refractivity contribution >= 4 is 5.91 Å². The normalized spacial score (nSPS) is 17.0. The van der Waals surface area contributed by atoms with Crippen molar-refractivity contribution in [2.45, 2.75) is 37.8 Å². The van der Waals surface area contributed by atoms with Crippen LogP contribution in [0.4, 0.5) is 0 Å². The predicted octanol–water partition coefficient (Wildman–Crippen LogP) is 1.43. The molecule has 0 N–H and O–H groups in total. The first-order chi connectivity index (χ1) is 15.1. The lowest BCUT2D eigenvalue weighted by Gasteiger charge is -2.38. The molecule has 2 aromatic heterocycles. The van der Waals surface area contributed by atoms with Gasteiger partial charge in [-0.05, 0) is 43.5 Å². The summed E-state index contributed by atoms with van der Waals surface area (Å²) < 4.78 is 2.77. The molecule has 3 aromatic rings. The summed E-state index contributed by atoms with van der Waals surface area (Å²) in [5.74, 6) is 0.693. The number of carbonyl (C=O) groups is 1. The molecule has 2 aliphatic rings. The summed E-state index contributed by atoms with van der Waals surface area (Å²) in [7, 11) is 0. The van der Waals surface area contributed by atoms with E-state index in [9.17, 15) is 14.4 Å². The monoisotopic (exact) mass is 417 g/mol. The van der Waals surface area contributed by atoms with Crippen molar-refractivity contribution in [1.29, 1.82) is 0 Å². The Hall–Kier alpha value is -3.55. The topological polar surface area (TPSA) is 90.1 Å². The molecule has 1 fully saturated rings. The molecule has 0 saturated carbocycles. The minimum absolute atomic E-state index is 0.0268. The van der Waals surface area contributed by atoms with Crippen LogP contribution in [-0.2, 0) is 18.5 Å². The van der Waals surface area contributed by atoms with Gasteiger partial charge in [-0.3, -0.25) is 23.9 Å². The zero-order valence-electron chi connectivity index (χ0n) is 17.1. The quantitative estimate of drug-likeness (QED) is 0.602. The van der Waals surface area contributed by atoms with Crippen LogP contribution in [0.5, 0.6) is 0 Å². The van der Waals surface area contributed by atoms with E-state index in [1.54, 1.807) is 12.3 Å². The molecule has 0 unspecified atom stereocenters. The SMILES string of the molecule is O=C(c1ccccc1)N1CCC2(CC1)CCn1c2nn(Cc2ccccn2)c(=O)c1=O. The number of carbonyl (C=O) groups excluding carboxylic acids is 1. The average Bonchev–Trinajstić information content (AvgIpc) is 3.16. The lowest BCUT2D eigenvalue weighted by atomic mass is 9.76. The van der Waals surface area contributed by atoms with Gasteiger partial charge in [0.05, 0.1) is 12.2 Å². The standard InChI is InChI=1S/C23H23N5O3/c29-19(17-6-2-1-3-7-17)26-13-9-23(10-14-26)11-15-27-20(30)21(31)28(25-22(23)27)16-18-8-4-5-12-24-18/h1-8,12H,9-11,13-16H2. The summed E-state index contributed by atoms with van der Waals surface area (Å²) >= 11 is 0. The number of amides is 1. The first kappa shape index (κ1) is 19.4. The van der Waals surface area contributed by atoms with Crippen LogP contribution < -0.4 is 11.1 Å². The first-order valence-corrected chi connectivity index (χ1v) is 10.5. The van der Waals surface area contributed by atoms with Crippen molar-refractivity contribution in [2.24, 2.45) is 0 Å². The predicted molar refractivity (Wildman–Crippen MR) is 114 cm³/mol. The molecule has 0 bridgehead atoms. The Morgan fingerprint density at radius 3 is 2.32 bits per heavy atom. The molecule has 1 saturated heterocycles.